The third kappa shape index (κ3) is 1.62. The van der Waals surface area contributed by atoms with Gasteiger partial charge in [0.2, 0.25) is 0 Å². The summed E-state index contributed by atoms with van der Waals surface area (Å²) in [5, 5.41) is 0. The molecular weight excluding hydrogens is 160 g/mol. The van der Waals surface area contributed by atoms with Crippen LogP contribution >= 0.6 is 0 Å². The van der Waals surface area contributed by atoms with Gasteiger partial charge in [0.05, 0.1) is 0 Å². The van der Waals surface area contributed by atoms with Crippen molar-refractivity contribution in [3.05, 3.63) is 29.1 Å². The molecule has 0 aromatic carbocycles. The van der Waals surface area contributed by atoms with E-state index < -0.39 is 0 Å². The average Bonchev–Trinajstić information content (AvgIpc) is 2.17. The van der Waals surface area contributed by atoms with Crippen molar-refractivity contribution >= 4 is 6.21 Å². The van der Waals surface area contributed by atoms with Gasteiger partial charge in [0, 0.05) is 24.7 Å². The highest BCUT2D eigenvalue weighted by Gasteiger charge is 2.08. The van der Waals surface area contributed by atoms with Crippen LogP contribution in [0.15, 0.2) is 17.3 Å². The van der Waals surface area contributed by atoms with E-state index in [-0.39, 0.29) is 0 Å². The molecule has 0 fully saturated rings. The fraction of sp³-hybridized carbons (Fsp3) is 0.455. The zero-order valence-electron chi connectivity index (χ0n) is 8.12. The molecule has 2 heteroatoms. The number of hydrogen-bond donors (Lipinski definition) is 0. The minimum Gasteiger partial charge on any atom is -0.292 e. The topological polar surface area (TPSA) is 25.2 Å². The first-order valence-electron chi connectivity index (χ1n) is 4.76. The van der Waals surface area contributed by atoms with Crippen LogP contribution in [0, 0.1) is 0 Å². The van der Waals surface area contributed by atoms with E-state index in [1.54, 1.807) is 0 Å². The highest BCUT2D eigenvalue weighted by Crippen LogP contribution is 2.17. The zero-order chi connectivity index (χ0) is 9.26. The number of aromatic nitrogens is 1. The Bertz CT molecular complexity index is 340. The monoisotopic (exact) mass is 174 g/mol. The first kappa shape index (κ1) is 8.42. The lowest BCUT2D eigenvalue weighted by atomic mass is 10.0. The molecule has 0 radical (unpaired) electrons. The van der Waals surface area contributed by atoms with Crippen molar-refractivity contribution in [2.24, 2.45) is 4.99 Å². The van der Waals surface area contributed by atoms with E-state index >= 15 is 0 Å². The van der Waals surface area contributed by atoms with Crippen LogP contribution in [-0.2, 0) is 6.42 Å². The quantitative estimate of drug-likeness (QED) is 0.640. The van der Waals surface area contributed by atoms with E-state index in [4.69, 9.17) is 0 Å². The maximum atomic E-state index is 4.43. The summed E-state index contributed by atoms with van der Waals surface area (Å²) in [6.07, 6.45) is 5.00. The van der Waals surface area contributed by atoms with Crippen LogP contribution in [-0.4, -0.2) is 17.7 Å². The van der Waals surface area contributed by atoms with Crippen molar-refractivity contribution in [3.8, 4) is 0 Å². The van der Waals surface area contributed by atoms with Gasteiger partial charge in [0.1, 0.15) is 0 Å². The summed E-state index contributed by atoms with van der Waals surface area (Å²) in [6, 6.07) is 2.16. The molecule has 1 aliphatic rings. The van der Waals surface area contributed by atoms with Gasteiger partial charge in [-0.25, -0.2) is 0 Å². The molecule has 2 rings (SSSR count). The molecule has 2 nitrogen and oxygen atoms in total. The second kappa shape index (κ2) is 3.29. The van der Waals surface area contributed by atoms with Crippen LogP contribution in [0.5, 0.6) is 0 Å². The highest BCUT2D eigenvalue weighted by atomic mass is 14.7. The Kier molecular flexibility index (Phi) is 2.13. The first-order chi connectivity index (χ1) is 6.27. The second-order valence-electron chi connectivity index (χ2n) is 3.75. The normalized spacial score (nSPS) is 14.7. The van der Waals surface area contributed by atoms with Gasteiger partial charge in [-0.05, 0) is 29.5 Å². The van der Waals surface area contributed by atoms with E-state index in [9.17, 15) is 0 Å². The van der Waals surface area contributed by atoms with Crippen LogP contribution in [0.4, 0.5) is 0 Å². The number of pyridine rings is 1. The van der Waals surface area contributed by atoms with E-state index in [0.29, 0.717) is 5.92 Å². The molecule has 0 amide bonds. The molecule has 0 saturated heterocycles. The van der Waals surface area contributed by atoms with E-state index in [1.807, 2.05) is 12.4 Å². The Balaban J connectivity index is 2.43. The van der Waals surface area contributed by atoms with Gasteiger partial charge in [-0.1, -0.05) is 13.8 Å². The Hall–Kier alpha value is -1.18. The zero-order valence-corrected chi connectivity index (χ0v) is 8.12. The summed E-state index contributed by atoms with van der Waals surface area (Å²) in [7, 11) is 0. The van der Waals surface area contributed by atoms with Crippen molar-refractivity contribution in [2.75, 3.05) is 6.54 Å². The van der Waals surface area contributed by atoms with Crippen LogP contribution in [0.3, 0.4) is 0 Å². The standard InChI is InChI=1S/C11H14N2/c1-8(2)11-5-10-6-12-4-3-9(10)7-13-11/h5-8H,3-4H2,1-2H3. The highest BCUT2D eigenvalue weighted by molar-refractivity contribution is 5.82. The summed E-state index contributed by atoms with van der Waals surface area (Å²) < 4.78 is 0. The molecule has 0 aliphatic carbocycles. The van der Waals surface area contributed by atoms with Crippen molar-refractivity contribution in [2.45, 2.75) is 26.2 Å². The summed E-state index contributed by atoms with van der Waals surface area (Å²) in [4.78, 5) is 8.70. The molecule has 2 heterocycles. The molecular formula is C11H14N2. The van der Waals surface area contributed by atoms with Crippen LogP contribution in [0.25, 0.3) is 0 Å². The maximum absolute atomic E-state index is 4.43. The largest absolute Gasteiger partial charge is 0.292 e. The Morgan fingerprint density at radius 1 is 1.38 bits per heavy atom. The van der Waals surface area contributed by atoms with Gasteiger partial charge in [-0.15, -0.1) is 0 Å². The molecule has 0 unspecified atom stereocenters. The smallest absolute Gasteiger partial charge is 0.0435 e. The molecule has 0 spiro atoms. The van der Waals surface area contributed by atoms with E-state index in [2.05, 4.69) is 29.9 Å². The molecule has 1 aromatic rings. The molecule has 0 bridgehead atoms. The van der Waals surface area contributed by atoms with Crippen molar-refractivity contribution < 1.29 is 0 Å². The fourth-order valence-electron chi connectivity index (χ4n) is 1.51. The van der Waals surface area contributed by atoms with Gasteiger partial charge in [0.25, 0.3) is 0 Å². The van der Waals surface area contributed by atoms with Gasteiger partial charge >= 0.3 is 0 Å². The molecule has 13 heavy (non-hydrogen) atoms. The number of rotatable bonds is 1. The molecule has 0 saturated carbocycles. The first-order valence-corrected chi connectivity index (χ1v) is 4.76. The van der Waals surface area contributed by atoms with Gasteiger partial charge in [0.15, 0.2) is 0 Å². The van der Waals surface area contributed by atoms with Gasteiger partial charge in [-0.2, -0.15) is 0 Å². The number of nitrogens with zero attached hydrogens (tertiary/aromatic N) is 2. The molecule has 1 aliphatic heterocycles. The predicted molar refractivity (Wildman–Crippen MR) is 54.5 cm³/mol. The summed E-state index contributed by atoms with van der Waals surface area (Å²) in [6.45, 7) is 5.24. The third-order valence-corrected chi connectivity index (χ3v) is 2.38. The lowest BCUT2D eigenvalue weighted by molar-refractivity contribution is 0.813. The average molecular weight is 174 g/mol. The van der Waals surface area contributed by atoms with Crippen LogP contribution < -0.4 is 0 Å². The predicted octanol–water partition coefficient (Wildman–Crippen LogP) is 2.18. The number of hydrogen-bond acceptors (Lipinski definition) is 2. The Morgan fingerprint density at radius 2 is 2.23 bits per heavy atom. The minimum absolute atomic E-state index is 0.501. The maximum Gasteiger partial charge on any atom is 0.0435 e. The fourth-order valence-corrected chi connectivity index (χ4v) is 1.51. The Labute approximate surface area is 78.7 Å². The summed E-state index contributed by atoms with van der Waals surface area (Å²) >= 11 is 0. The number of fused-ring (bicyclic) bond motifs is 1. The summed E-state index contributed by atoms with van der Waals surface area (Å²) in [5.74, 6) is 0.501. The molecule has 0 N–H and O–H groups in total. The molecule has 0 atom stereocenters. The molecule has 1 aromatic heterocycles. The lowest BCUT2D eigenvalue weighted by Gasteiger charge is -2.12. The van der Waals surface area contributed by atoms with Crippen LogP contribution in [0.1, 0.15) is 36.6 Å². The van der Waals surface area contributed by atoms with E-state index in [0.717, 1.165) is 18.7 Å². The van der Waals surface area contributed by atoms with Gasteiger partial charge < -0.3 is 0 Å². The van der Waals surface area contributed by atoms with Crippen LogP contribution in [0.2, 0.25) is 0 Å². The molecule has 68 valence electrons. The lowest BCUT2D eigenvalue weighted by Crippen LogP contribution is -2.05. The minimum atomic E-state index is 0.501. The van der Waals surface area contributed by atoms with Crippen molar-refractivity contribution in [1.82, 2.24) is 4.98 Å². The summed E-state index contributed by atoms with van der Waals surface area (Å²) in [5.41, 5.74) is 3.75. The van der Waals surface area contributed by atoms with Crippen molar-refractivity contribution in [1.29, 1.82) is 0 Å². The Morgan fingerprint density at radius 3 is 3.00 bits per heavy atom. The SMILES string of the molecule is CC(C)c1cc2c(cn1)CCN=C2. The van der Waals surface area contributed by atoms with Gasteiger partial charge in [-0.3, -0.25) is 9.98 Å². The number of aliphatic imine (C=N–C) groups is 1. The second-order valence-corrected chi connectivity index (χ2v) is 3.75. The van der Waals surface area contributed by atoms with Crippen molar-refractivity contribution in [3.63, 3.8) is 0 Å². The van der Waals surface area contributed by atoms with E-state index in [1.165, 1.54) is 11.1 Å². The third-order valence-electron chi connectivity index (χ3n) is 2.38.